The van der Waals surface area contributed by atoms with Gasteiger partial charge in [0, 0.05) is 11.9 Å². The SMILES string of the molecule is O=C(Nc1ccc(-n2nc(C(F)(F)F)cc2-c2cccs2)cc1)c1ccc(-c2ccccn2)s1. The molecular weight excluding hydrogens is 481 g/mol. The van der Waals surface area contributed by atoms with Gasteiger partial charge in [-0.3, -0.25) is 9.78 Å². The van der Waals surface area contributed by atoms with Gasteiger partial charge in [0.1, 0.15) is 0 Å². The van der Waals surface area contributed by atoms with E-state index in [2.05, 4.69) is 15.4 Å². The molecule has 5 aromatic rings. The Balaban J connectivity index is 1.37. The monoisotopic (exact) mass is 496 g/mol. The molecule has 10 heteroatoms. The van der Waals surface area contributed by atoms with Crippen LogP contribution in [0.1, 0.15) is 15.4 Å². The largest absolute Gasteiger partial charge is 0.435 e. The Hall–Kier alpha value is -3.76. The van der Waals surface area contributed by atoms with E-state index >= 15 is 0 Å². The molecule has 0 saturated heterocycles. The second-order valence-corrected chi connectivity index (χ2v) is 9.21. The van der Waals surface area contributed by atoms with Crippen molar-refractivity contribution in [1.29, 1.82) is 0 Å². The van der Waals surface area contributed by atoms with Gasteiger partial charge in [0.25, 0.3) is 5.91 Å². The molecule has 0 spiro atoms. The normalized spacial score (nSPS) is 11.5. The van der Waals surface area contributed by atoms with Crippen molar-refractivity contribution in [2.45, 2.75) is 6.18 Å². The first-order valence-electron chi connectivity index (χ1n) is 10.0. The molecule has 1 amide bonds. The number of rotatable bonds is 5. The summed E-state index contributed by atoms with van der Waals surface area (Å²) in [7, 11) is 0. The molecule has 0 saturated carbocycles. The molecule has 0 bridgehead atoms. The molecule has 0 unspecified atom stereocenters. The molecule has 0 fully saturated rings. The van der Waals surface area contributed by atoms with Crippen LogP contribution in [0.15, 0.2) is 84.4 Å². The van der Waals surface area contributed by atoms with E-state index in [0.717, 1.165) is 16.6 Å². The smallest absolute Gasteiger partial charge is 0.321 e. The fraction of sp³-hybridized carbons (Fsp3) is 0.0417. The summed E-state index contributed by atoms with van der Waals surface area (Å²) in [5, 5.41) is 8.40. The average Bonchev–Trinajstić information content (AvgIpc) is 3.60. The summed E-state index contributed by atoms with van der Waals surface area (Å²) >= 11 is 2.65. The first-order valence-corrected chi connectivity index (χ1v) is 11.7. The number of hydrogen-bond donors (Lipinski definition) is 1. The predicted molar refractivity (Wildman–Crippen MR) is 127 cm³/mol. The molecule has 5 nitrogen and oxygen atoms in total. The first kappa shape index (κ1) is 22.1. The molecule has 0 aliphatic rings. The highest BCUT2D eigenvalue weighted by Crippen LogP contribution is 2.35. The Morgan fingerprint density at radius 3 is 2.44 bits per heavy atom. The summed E-state index contributed by atoms with van der Waals surface area (Å²) in [5.41, 5.74) is 1.14. The molecule has 4 aromatic heterocycles. The molecule has 0 aliphatic carbocycles. The van der Waals surface area contributed by atoms with Gasteiger partial charge >= 0.3 is 6.18 Å². The van der Waals surface area contributed by atoms with Gasteiger partial charge in [-0.05, 0) is 66.0 Å². The zero-order valence-electron chi connectivity index (χ0n) is 17.3. The van der Waals surface area contributed by atoms with E-state index in [9.17, 15) is 18.0 Å². The second kappa shape index (κ2) is 8.88. The standard InChI is InChI=1S/C24H15F3N4OS2/c25-24(26,27)22-14-18(20-5-3-13-33-20)31(30-22)16-8-6-15(7-9-16)29-23(32)21-11-10-19(34-21)17-4-1-2-12-28-17/h1-14H,(H,29,32). The van der Waals surface area contributed by atoms with E-state index in [4.69, 9.17) is 0 Å². The minimum absolute atomic E-state index is 0.280. The van der Waals surface area contributed by atoms with E-state index < -0.39 is 11.9 Å². The van der Waals surface area contributed by atoms with Crippen molar-refractivity contribution in [3.8, 4) is 26.8 Å². The fourth-order valence-corrected chi connectivity index (χ4v) is 4.91. The zero-order chi connectivity index (χ0) is 23.7. The molecule has 5 rings (SSSR count). The van der Waals surface area contributed by atoms with Crippen LogP contribution in [-0.2, 0) is 6.18 Å². The number of pyridine rings is 1. The first-order chi connectivity index (χ1) is 16.4. The quantitative estimate of drug-likeness (QED) is 0.285. The van der Waals surface area contributed by atoms with Crippen LogP contribution >= 0.6 is 22.7 Å². The Bertz CT molecular complexity index is 1420. The van der Waals surface area contributed by atoms with Gasteiger partial charge < -0.3 is 5.32 Å². The Labute approximate surface area is 200 Å². The van der Waals surface area contributed by atoms with Crippen LogP contribution in [0, 0.1) is 0 Å². The summed E-state index contributed by atoms with van der Waals surface area (Å²) in [6, 6.07) is 20.2. The molecule has 1 N–H and O–H groups in total. The Morgan fingerprint density at radius 1 is 0.941 bits per heavy atom. The van der Waals surface area contributed by atoms with Gasteiger partial charge in [-0.2, -0.15) is 18.3 Å². The van der Waals surface area contributed by atoms with Crippen LogP contribution in [0.2, 0.25) is 0 Å². The van der Waals surface area contributed by atoms with E-state index in [-0.39, 0.29) is 5.91 Å². The van der Waals surface area contributed by atoms with Crippen LogP contribution in [0.25, 0.3) is 26.8 Å². The van der Waals surface area contributed by atoms with E-state index in [1.807, 2.05) is 24.3 Å². The van der Waals surface area contributed by atoms with Crippen molar-refractivity contribution in [2.24, 2.45) is 0 Å². The van der Waals surface area contributed by atoms with Crippen molar-refractivity contribution in [3.05, 3.63) is 94.9 Å². The Morgan fingerprint density at radius 2 is 1.76 bits per heavy atom. The van der Waals surface area contributed by atoms with Crippen molar-refractivity contribution in [2.75, 3.05) is 5.32 Å². The van der Waals surface area contributed by atoms with Gasteiger partial charge in [0.15, 0.2) is 5.69 Å². The molecule has 0 atom stereocenters. The summed E-state index contributed by atoms with van der Waals surface area (Å²) in [6.07, 6.45) is -2.86. The number of carbonyl (C=O) groups excluding carboxylic acids is 1. The van der Waals surface area contributed by atoms with Crippen LogP contribution in [0.3, 0.4) is 0 Å². The third-order valence-corrected chi connectivity index (χ3v) is 6.89. The van der Waals surface area contributed by atoms with E-state index in [1.54, 1.807) is 54.0 Å². The molecule has 4 heterocycles. The summed E-state index contributed by atoms with van der Waals surface area (Å²) in [6.45, 7) is 0. The topological polar surface area (TPSA) is 59.8 Å². The number of benzene rings is 1. The molecule has 0 radical (unpaired) electrons. The molecule has 170 valence electrons. The highest BCUT2D eigenvalue weighted by Gasteiger charge is 2.35. The number of hydrogen-bond acceptors (Lipinski definition) is 5. The maximum absolute atomic E-state index is 13.3. The number of nitrogens with one attached hydrogen (secondary N) is 1. The van der Waals surface area contributed by atoms with Crippen molar-refractivity contribution >= 4 is 34.3 Å². The fourth-order valence-electron chi connectivity index (χ4n) is 3.30. The van der Waals surface area contributed by atoms with Crippen molar-refractivity contribution in [1.82, 2.24) is 14.8 Å². The molecule has 1 aromatic carbocycles. The maximum Gasteiger partial charge on any atom is 0.435 e. The van der Waals surface area contributed by atoms with Gasteiger partial charge in [-0.25, -0.2) is 4.68 Å². The third-order valence-electron chi connectivity index (χ3n) is 4.89. The minimum Gasteiger partial charge on any atom is -0.321 e. The molecular formula is C24H15F3N4OS2. The number of alkyl halides is 3. The van der Waals surface area contributed by atoms with Crippen molar-refractivity contribution < 1.29 is 18.0 Å². The highest BCUT2D eigenvalue weighted by molar-refractivity contribution is 7.17. The maximum atomic E-state index is 13.3. The molecule has 34 heavy (non-hydrogen) atoms. The summed E-state index contributed by atoms with van der Waals surface area (Å²) < 4.78 is 41.1. The number of amides is 1. The summed E-state index contributed by atoms with van der Waals surface area (Å²) in [5.74, 6) is -0.280. The number of nitrogens with zero attached hydrogens (tertiary/aromatic N) is 3. The lowest BCUT2D eigenvalue weighted by Crippen LogP contribution is -2.10. The summed E-state index contributed by atoms with van der Waals surface area (Å²) in [4.78, 5) is 19.0. The number of thiophene rings is 2. The number of halogens is 3. The number of carbonyl (C=O) groups is 1. The number of aromatic nitrogens is 3. The van der Waals surface area contributed by atoms with Crippen LogP contribution < -0.4 is 5.32 Å². The van der Waals surface area contributed by atoms with Gasteiger partial charge in [0.05, 0.1) is 31.7 Å². The highest BCUT2D eigenvalue weighted by atomic mass is 32.1. The van der Waals surface area contributed by atoms with E-state index in [0.29, 0.717) is 26.8 Å². The van der Waals surface area contributed by atoms with Gasteiger partial charge in [0.2, 0.25) is 0 Å². The zero-order valence-corrected chi connectivity index (χ0v) is 18.9. The van der Waals surface area contributed by atoms with Crippen LogP contribution in [-0.4, -0.2) is 20.7 Å². The lowest BCUT2D eigenvalue weighted by Gasteiger charge is -2.08. The second-order valence-electron chi connectivity index (χ2n) is 7.18. The Kier molecular flexibility index (Phi) is 5.76. The minimum atomic E-state index is -4.56. The lowest BCUT2D eigenvalue weighted by molar-refractivity contribution is -0.141. The van der Waals surface area contributed by atoms with Crippen molar-refractivity contribution in [3.63, 3.8) is 0 Å². The van der Waals surface area contributed by atoms with E-state index in [1.165, 1.54) is 27.4 Å². The van der Waals surface area contributed by atoms with Gasteiger partial charge in [-0.15, -0.1) is 22.7 Å². The van der Waals surface area contributed by atoms with Crippen LogP contribution in [0.4, 0.5) is 18.9 Å². The lowest BCUT2D eigenvalue weighted by atomic mass is 10.2. The van der Waals surface area contributed by atoms with Gasteiger partial charge in [-0.1, -0.05) is 12.1 Å². The molecule has 0 aliphatic heterocycles. The average molecular weight is 497 g/mol. The number of anilines is 1. The van der Waals surface area contributed by atoms with Crippen LogP contribution in [0.5, 0.6) is 0 Å². The predicted octanol–water partition coefficient (Wildman–Crippen LogP) is 7.00. The third kappa shape index (κ3) is 4.50.